The summed E-state index contributed by atoms with van der Waals surface area (Å²) in [5.74, 6) is 0. The SMILES string of the molecule is COCCOC(N)=S. The van der Waals surface area contributed by atoms with E-state index in [1.165, 1.54) is 0 Å². The van der Waals surface area contributed by atoms with Crippen LogP contribution in [0.2, 0.25) is 0 Å². The van der Waals surface area contributed by atoms with Crippen LogP contribution in [0.3, 0.4) is 0 Å². The van der Waals surface area contributed by atoms with Crippen molar-refractivity contribution in [3.8, 4) is 0 Å². The van der Waals surface area contributed by atoms with E-state index in [-0.39, 0.29) is 5.17 Å². The fourth-order valence-corrected chi connectivity index (χ4v) is 0.309. The van der Waals surface area contributed by atoms with E-state index < -0.39 is 0 Å². The van der Waals surface area contributed by atoms with Crippen LogP contribution in [0.15, 0.2) is 0 Å². The van der Waals surface area contributed by atoms with Crippen LogP contribution in [-0.4, -0.2) is 25.5 Å². The van der Waals surface area contributed by atoms with E-state index in [0.717, 1.165) is 0 Å². The van der Waals surface area contributed by atoms with Crippen molar-refractivity contribution in [3.63, 3.8) is 0 Å². The molecule has 0 atom stereocenters. The highest BCUT2D eigenvalue weighted by Crippen LogP contribution is 1.73. The first-order chi connectivity index (χ1) is 3.77. The average Bonchev–Trinajstić information content (AvgIpc) is 1.66. The van der Waals surface area contributed by atoms with Gasteiger partial charge in [0, 0.05) is 7.11 Å². The number of ether oxygens (including phenoxy) is 2. The highest BCUT2D eigenvalue weighted by Gasteiger charge is 1.85. The summed E-state index contributed by atoms with van der Waals surface area (Å²) in [6.45, 7) is 0.961. The van der Waals surface area contributed by atoms with E-state index in [2.05, 4.69) is 21.7 Å². The topological polar surface area (TPSA) is 44.5 Å². The van der Waals surface area contributed by atoms with Gasteiger partial charge in [-0.1, -0.05) is 0 Å². The normalized spacial score (nSPS) is 8.62. The predicted molar refractivity (Wildman–Crippen MR) is 34.6 cm³/mol. The molecule has 0 aromatic heterocycles. The lowest BCUT2D eigenvalue weighted by Gasteiger charge is -1.99. The standard InChI is InChI=1S/C4H9NO2S/c1-6-2-3-7-4(5)8/h2-3H2,1H3,(H2,5,8). The summed E-state index contributed by atoms with van der Waals surface area (Å²) in [6.07, 6.45) is 0. The van der Waals surface area contributed by atoms with E-state index in [1.54, 1.807) is 7.11 Å². The monoisotopic (exact) mass is 135 g/mol. The van der Waals surface area contributed by atoms with Crippen LogP contribution in [0.25, 0.3) is 0 Å². The van der Waals surface area contributed by atoms with Gasteiger partial charge in [-0.25, -0.2) is 0 Å². The summed E-state index contributed by atoms with van der Waals surface area (Å²) in [7, 11) is 1.59. The summed E-state index contributed by atoms with van der Waals surface area (Å²) in [5.41, 5.74) is 4.99. The molecule has 0 fully saturated rings. The molecule has 0 bridgehead atoms. The van der Waals surface area contributed by atoms with Crippen LogP contribution in [0, 0.1) is 0 Å². The van der Waals surface area contributed by atoms with Crippen LogP contribution < -0.4 is 5.73 Å². The molecule has 0 saturated heterocycles. The summed E-state index contributed by atoms with van der Waals surface area (Å²) < 4.78 is 9.32. The number of thiocarbonyl (C=S) groups is 1. The second-order valence-corrected chi connectivity index (χ2v) is 1.56. The maximum absolute atomic E-state index is 4.99. The third-order valence-electron chi connectivity index (χ3n) is 0.532. The zero-order valence-electron chi connectivity index (χ0n) is 4.72. The first-order valence-electron chi connectivity index (χ1n) is 2.18. The molecule has 2 N–H and O–H groups in total. The third-order valence-corrected chi connectivity index (χ3v) is 0.650. The van der Waals surface area contributed by atoms with Gasteiger partial charge in [0.05, 0.1) is 6.61 Å². The second-order valence-electron chi connectivity index (χ2n) is 1.16. The molecule has 0 radical (unpaired) electrons. The summed E-state index contributed by atoms with van der Waals surface area (Å²) >= 11 is 4.41. The Balaban J connectivity index is 2.82. The van der Waals surface area contributed by atoms with Crippen LogP contribution in [-0.2, 0) is 9.47 Å². The fraction of sp³-hybridized carbons (Fsp3) is 0.750. The van der Waals surface area contributed by atoms with Crippen molar-refractivity contribution in [3.05, 3.63) is 0 Å². The smallest absolute Gasteiger partial charge is 0.254 e. The molecule has 0 aromatic carbocycles. The number of hydrogen-bond acceptors (Lipinski definition) is 3. The van der Waals surface area contributed by atoms with Crippen molar-refractivity contribution in [2.75, 3.05) is 20.3 Å². The predicted octanol–water partition coefficient (Wildman–Crippen LogP) is -0.107. The highest BCUT2D eigenvalue weighted by molar-refractivity contribution is 7.80. The number of methoxy groups -OCH3 is 1. The van der Waals surface area contributed by atoms with Crippen molar-refractivity contribution >= 4 is 17.4 Å². The quantitative estimate of drug-likeness (QED) is 0.433. The van der Waals surface area contributed by atoms with E-state index >= 15 is 0 Å². The Morgan fingerprint density at radius 2 is 2.25 bits per heavy atom. The van der Waals surface area contributed by atoms with Gasteiger partial charge in [-0.15, -0.1) is 0 Å². The molecule has 48 valence electrons. The van der Waals surface area contributed by atoms with E-state index in [1.807, 2.05) is 0 Å². The summed E-state index contributed by atoms with van der Waals surface area (Å²) in [6, 6.07) is 0. The highest BCUT2D eigenvalue weighted by atomic mass is 32.1. The molecule has 0 aliphatic heterocycles. The molecular formula is C4H9NO2S. The third kappa shape index (κ3) is 5.65. The molecule has 0 spiro atoms. The Morgan fingerprint density at radius 1 is 1.62 bits per heavy atom. The molecule has 8 heavy (non-hydrogen) atoms. The van der Waals surface area contributed by atoms with Crippen molar-refractivity contribution in [2.24, 2.45) is 5.73 Å². The number of rotatable bonds is 3. The average molecular weight is 135 g/mol. The van der Waals surface area contributed by atoms with Gasteiger partial charge in [-0.2, -0.15) is 0 Å². The molecule has 0 amide bonds. The molecular weight excluding hydrogens is 126 g/mol. The van der Waals surface area contributed by atoms with E-state index in [4.69, 9.17) is 5.73 Å². The van der Waals surface area contributed by atoms with Crippen LogP contribution in [0.4, 0.5) is 0 Å². The van der Waals surface area contributed by atoms with Gasteiger partial charge in [0.15, 0.2) is 0 Å². The maximum atomic E-state index is 4.99. The molecule has 3 nitrogen and oxygen atoms in total. The van der Waals surface area contributed by atoms with Crippen molar-refractivity contribution in [1.29, 1.82) is 0 Å². The lowest BCUT2D eigenvalue weighted by molar-refractivity contribution is 0.142. The van der Waals surface area contributed by atoms with Gasteiger partial charge in [-0.05, 0) is 12.2 Å². The Hall–Kier alpha value is -0.350. The Labute approximate surface area is 53.8 Å². The molecule has 0 aromatic rings. The van der Waals surface area contributed by atoms with Crippen molar-refractivity contribution in [1.82, 2.24) is 0 Å². The van der Waals surface area contributed by atoms with Gasteiger partial charge in [-0.3, -0.25) is 0 Å². The van der Waals surface area contributed by atoms with Crippen molar-refractivity contribution in [2.45, 2.75) is 0 Å². The van der Waals surface area contributed by atoms with Crippen molar-refractivity contribution < 1.29 is 9.47 Å². The largest absolute Gasteiger partial charge is 0.469 e. The zero-order chi connectivity index (χ0) is 6.41. The molecule has 0 saturated carbocycles. The minimum absolute atomic E-state index is 0.0713. The summed E-state index contributed by atoms with van der Waals surface area (Å²) in [5, 5.41) is 0.0713. The Morgan fingerprint density at radius 3 is 2.62 bits per heavy atom. The minimum atomic E-state index is 0.0713. The number of hydrogen-bond donors (Lipinski definition) is 1. The van der Waals surface area contributed by atoms with E-state index in [0.29, 0.717) is 13.2 Å². The minimum Gasteiger partial charge on any atom is -0.469 e. The Kier molecular flexibility index (Phi) is 4.59. The molecule has 0 aliphatic carbocycles. The second kappa shape index (κ2) is 4.80. The maximum Gasteiger partial charge on any atom is 0.254 e. The number of nitrogens with two attached hydrogens (primary N) is 1. The Bertz CT molecular complexity index is 76.4. The van der Waals surface area contributed by atoms with Crippen LogP contribution >= 0.6 is 12.2 Å². The first kappa shape index (κ1) is 7.65. The molecule has 0 heterocycles. The van der Waals surface area contributed by atoms with Gasteiger partial charge in [0.2, 0.25) is 0 Å². The van der Waals surface area contributed by atoms with Crippen LogP contribution in [0.5, 0.6) is 0 Å². The van der Waals surface area contributed by atoms with E-state index in [9.17, 15) is 0 Å². The lowest BCUT2D eigenvalue weighted by atomic mass is 10.8. The zero-order valence-corrected chi connectivity index (χ0v) is 5.53. The van der Waals surface area contributed by atoms with Gasteiger partial charge in [0.1, 0.15) is 6.61 Å². The first-order valence-corrected chi connectivity index (χ1v) is 2.59. The molecule has 0 aliphatic rings. The van der Waals surface area contributed by atoms with Gasteiger partial charge >= 0.3 is 0 Å². The summed E-state index contributed by atoms with van der Waals surface area (Å²) in [4.78, 5) is 0. The van der Waals surface area contributed by atoms with Gasteiger partial charge in [0.25, 0.3) is 5.17 Å². The molecule has 0 unspecified atom stereocenters. The molecule has 4 heteroatoms. The van der Waals surface area contributed by atoms with Crippen LogP contribution in [0.1, 0.15) is 0 Å². The fourth-order valence-electron chi connectivity index (χ4n) is 0.226. The molecule has 0 rings (SSSR count). The lowest BCUT2D eigenvalue weighted by Crippen LogP contribution is -2.15. The van der Waals surface area contributed by atoms with Gasteiger partial charge < -0.3 is 15.2 Å².